The molecule has 0 aliphatic carbocycles. The molecule has 1 aromatic carbocycles. The van der Waals surface area contributed by atoms with Gasteiger partial charge in [0, 0.05) is 24.3 Å². The van der Waals surface area contributed by atoms with Crippen LogP contribution in [0.25, 0.3) is 0 Å². The number of piperidine rings is 1. The number of benzene rings is 1. The SMILES string of the molecule is CN1NN=C(c2ccc(NC3CCNCC3)cc2)N1.Cl. The van der Waals surface area contributed by atoms with Gasteiger partial charge in [0.1, 0.15) is 0 Å². The third-order valence-corrected chi connectivity index (χ3v) is 3.45. The van der Waals surface area contributed by atoms with Crippen LogP contribution in [-0.2, 0) is 0 Å². The lowest BCUT2D eigenvalue weighted by molar-refractivity contribution is 0.232. The van der Waals surface area contributed by atoms with Gasteiger partial charge < -0.3 is 10.6 Å². The molecule has 1 saturated heterocycles. The van der Waals surface area contributed by atoms with E-state index in [1.54, 1.807) is 5.12 Å². The smallest absolute Gasteiger partial charge is 0.170 e. The highest BCUT2D eigenvalue weighted by molar-refractivity contribution is 5.99. The van der Waals surface area contributed by atoms with Crippen molar-refractivity contribution < 1.29 is 0 Å². The molecule has 0 saturated carbocycles. The van der Waals surface area contributed by atoms with Gasteiger partial charge in [-0.05, 0) is 50.2 Å². The molecule has 0 unspecified atom stereocenters. The first-order valence-corrected chi connectivity index (χ1v) is 6.73. The van der Waals surface area contributed by atoms with Gasteiger partial charge in [0.25, 0.3) is 0 Å². The number of hydrazine groups is 2. The molecule has 2 aliphatic heterocycles. The number of rotatable bonds is 3. The van der Waals surface area contributed by atoms with Crippen LogP contribution in [0.15, 0.2) is 29.4 Å². The topological polar surface area (TPSA) is 63.7 Å². The van der Waals surface area contributed by atoms with E-state index in [1.165, 1.54) is 18.5 Å². The van der Waals surface area contributed by atoms with Crippen LogP contribution in [0.3, 0.4) is 0 Å². The summed E-state index contributed by atoms with van der Waals surface area (Å²) in [6.07, 6.45) is 2.37. The van der Waals surface area contributed by atoms with Crippen LogP contribution in [0.2, 0.25) is 0 Å². The normalized spacial score (nSPS) is 19.6. The average Bonchev–Trinajstić information content (AvgIpc) is 2.87. The summed E-state index contributed by atoms with van der Waals surface area (Å²) in [6, 6.07) is 8.97. The van der Waals surface area contributed by atoms with Gasteiger partial charge in [0.05, 0.1) is 0 Å². The van der Waals surface area contributed by atoms with Crippen LogP contribution in [0.5, 0.6) is 0 Å². The molecule has 2 heterocycles. The monoisotopic (exact) mass is 296 g/mol. The number of anilines is 1. The van der Waals surface area contributed by atoms with Gasteiger partial charge in [-0.2, -0.15) is 0 Å². The van der Waals surface area contributed by atoms with Crippen LogP contribution in [0.1, 0.15) is 18.4 Å². The van der Waals surface area contributed by atoms with E-state index >= 15 is 0 Å². The van der Waals surface area contributed by atoms with E-state index in [1.807, 2.05) is 7.05 Å². The molecule has 0 bridgehead atoms. The predicted octanol–water partition coefficient (Wildman–Crippen LogP) is 0.888. The summed E-state index contributed by atoms with van der Waals surface area (Å²) in [5, 5.41) is 12.9. The summed E-state index contributed by atoms with van der Waals surface area (Å²) < 4.78 is 0. The standard InChI is InChI=1S/C13H20N6.ClH/c1-19-17-13(16-18-19)10-2-4-11(5-3-10)15-12-6-8-14-9-7-12;/h2-5,12,14-15,18H,6-9H2,1H3,(H,16,17);1H. The Balaban J connectivity index is 0.00000147. The maximum atomic E-state index is 4.19. The fraction of sp³-hybridized carbons (Fsp3) is 0.462. The van der Waals surface area contributed by atoms with Crippen molar-refractivity contribution in [1.29, 1.82) is 0 Å². The first-order chi connectivity index (χ1) is 9.31. The second-order valence-corrected chi connectivity index (χ2v) is 4.98. The number of amidine groups is 1. The van der Waals surface area contributed by atoms with E-state index in [0.717, 1.165) is 24.5 Å². The van der Waals surface area contributed by atoms with Crippen molar-refractivity contribution in [1.82, 2.24) is 21.4 Å². The van der Waals surface area contributed by atoms with Crippen LogP contribution < -0.4 is 21.6 Å². The van der Waals surface area contributed by atoms with Crippen LogP contribution in [-0.4, -0.2) is 37.1 Å². The summed E-state index contributed by atoms with van der Waals surface area (Å²) >= 11 is 0. The Morgan fingerprint density at radius 1 is 1.20 bits per heavy atom. The molecule has 0 spiro atoms. The highest BCUT2D eigenvalue weighted by Gasteiger charge is 2.14. The van der Waals surface area contributed by atoms with Gasteiger partial charge in [-0.15, -0.1) is 22.6 Å². The van der Waals surface area contributed by atoms with Gasteiger partial charge in [-0.3, -0.25) is 5.43 Å². The molecule has 0 radical (unpaired) electrons. The largest absolute Gasteiger partial charge is 0.382 e. The van der Waals surface area contributed by atoms with Crippen molar-refractivity contribution in [3.8, 4) is 0 Å². The number of hydrogen-bond acceptors (Lipinski definition) is 6. The highest BCUT2D eigenvalue weighted by Crippen LogP contribution is 2.15. The third-order valence-electron chi connectivity index (χ3n) is 3.45. The van der Waals surface area contributed by atoms with E-state index in [2.05, 4.69) is 51.0 Å². The minimum Gasteiger partial charge on any atom is -0.382 e. The molecule has 6 nitrogen and oxygen atoms in total. The highest BCUT2D eigenvalue weighted by atomic mass is 35.5. The maximum Gasteiger partial charge on any atom is 0.170 e. The van der Waals surface area contributed by atoms with Crippen LogP contribution in [0, 0.1) is 0 Å². The zero-order valence-electron chi connectivity index (χ0n) is 11.5. The predicted molar refractivity (Wildman–Crippen MR) is 83.8 cm³/mol. The minimum absolute atomic E-state index is 0. The number of halogens is 1. The number of hydrogen-bond donors (Lipinski definition) is 4. The van der Waals surface area contributed by atoms with Crippen molar-refractivity contribution in [2.24, 2.45) is 5.10 Å². The third kappa shape index (κ3) is 3.53. The molecule has 7 heteroatoms. The van der Waals surface area contributed by atoms with Crippen molar-refractivity contribution in [2.75, 3.05) is 25.5 Å². The van der Waals surface area contributed by atoms with E-state index in [4.69, 9.17) is 0 Å². The quantitative estimate of drug-likeness (QED) is 0.667. The maximum absolute atomic E-state index is 4.19. The van der Waals surface area contributed by atoms with E-state index in [-0.39, 0.29) is 12.4 Å². The van der Waals surface area contributed by atoms with Crippen molar-refractivity contribution in [2.45, 2.75) is 18.9 Å². The molecule has 3 rings (SSSR count). The molecule has 0 atom stereocenters. The van der Waals surface area contributed by atoms with Gasteiger partial charge in [-0.1, -0.05) is 0 Å². The van der Waals surface area contributed by atoms with Gasteiger partial charge in [0.2, 0.25) is 0 Å². The molecule has 4 N–H and O–H groups in total. The van der Waals surface area contributed by atoms with Crippen molar-refractivity contribution in [3.05, 3.63) is 29.8 Å². The van der Waals surface area contributed by atoms with E-state index in [0.29, 0.717) is 6.04 Å². The van der Waals surface area contributed by atoms with Crippen molar-refractivity contribution >= 4 is 23.9 Å². The number of nitrogens with zero attached hydrogens (tertiary/aromatic N) is 2. The molecule has 0 aromatic heterocycles. The Hall–Kier alpha value is -1.50. The Kier molecular flexibility index (Phi) is 5.05. The van der Waals surface area contributed by atoms with Crippen molar-refractivity contribution in [3.63, 3.8) is 0 Å². The second kappa shape index (κ2) is 6.78. The number of nitrogens with one attached hydrogen (secondary N) is 4. The first kappa shape index (κ1) is 14.9. The summed E-state index contributed by atoms with van der Waals surface area (Å²) in [4.78, 5) is 0. The zero-order valence-corrected chi connectivity index (χ0v) is 12.3. The molecule has 1 aromatic rings. The Bertz CT molecular complexity index is 454. The van der Waals surface area contributed by atoms with E-state index < -0.39 is 0 Å². The van der Waals surface area contributed by atoms with Gasteiger partial charge in [-0.25, -0.2) is 5.53 Å². The second-order valence-electron chi connectivity index (χ2n) is 4.98. The summed E-state index contributed by atoms with van der Waals surface area (Å²) in [5.41, 5.74) is 8.20. The molecule has 0 amide bonds. The molecule has 1 fully saturated rings. The summed E-state index contributed by atoms with van der Waals surface area (Å²) in [6.45, 7) is 2.21. The van der Waals surface area contributed by atoms with Gasteiger partial charge in [0.15, 0.2) is 5.84 Å². The molecular formula is C13H21ClN6. The Labute approximate surface area is 125 Å². The van der Waals surface area contributed by atoms with Crippen LogP contribution in [0.4, 0.5) is 5.69 Å². The minimum atomic E-state index is 0. The summed E-state index contributed by atoms with van der Waals surface area (Å²) in [5.74, 6) is 0.843. The zero-order chi connectivity index (χ0) is 13.1. The van der Waals surface area contributed by atoms with Crippen LogP contribution >= 0.6 is 12.4 Å². The lowest BCUT2D eigenvalue weighted by Crippen LogP contribution is -2.37. The first-order valence-electron chi connectivity index (χ1n) is 6.73. The Morgan fingerprint density at radius 3 is 2.50 bits per heavy atom. The van der Waals surface area contributed by atoms with E-state index in [9.17, 15) is 0 Å². The lowest BCUT2D eigenvalue weighted by atomic mass is 10.1. The molecule has 20 heavy (non-hydrogen) atoms. The summed E-state index contributed by atoms with van der Waals surface area (Å²) in [7, 11) is 1.88. The lowest BCUT2D eigenvalue weighted by Gasteiger charge is -2.24. The molecular weight excluding hydrogens is 276 g/mol. The fourth-order valence-corrected chi connectivity index (χ4v) is 2.39. The average molecular weight is 297 g/mol. The Morgan fingerprint density at radius 2 is 1.90 bits per heavy atom. The molecule has 2 aliphatic rings. The fourth-order valence-electron chi connectivity index (χ4n) is 2.39. The molecule has 110 valence electrons. The van der Waals surface area contributed by atoms with Gasteiger partial charge >= 0.3 is 0 Å². The number of hydrazone groups is 1.